The third-order valence-electron chi connectivity index (χ3n) is 1.72. The molecular weight excluding hydrogens is 271 g/mol. The van der Waals surface area contributed by atoms with E-state index in [0.717, 1.165) is 6.07 Å². The lowest BCUT2D eigenvalue weighted by atomic mass is 10.2. The summed E-state index contributed by atoms with van der Waals surface area (Å²) in [4.78, 5) is 0. The molecule has 0 aromatic heterocycles. The lowest BCUT2D eigenvalue weighted by Crippen LogP contribution is -2.15. The molecule has 0 amide bonds. The molecule has 0 saturated heterocycles. The average Bonchev–Trinajstić information content (AvgIpc) is 2.13. The van der Waals surface area contributed by atoms with Crippen molar-refractivity contribution in [2.75, 3.05) is 6.54 Å². The molecule has 0 unspecified atom stereocenters. The van der Waals surface area contributed by atoms with Gasteiger partial charge >= 0.3 is 0 Å². The van der Waals surface area contributed by atoms with Gasteiger partial charge in [-0.2, -0.15) is 0 Å². The van der Waals surface area contributed by atoms with Gasteiger partial charge in [-0.05, 0) is 6.07 Å². The van der Waals surface area contributed by atoms with Crippen LogP contribution in [0, 0.1) is 17.5 Å². The molecule has 1 N–H and O–H groups in total. The first-order valence-corrected chi connectivity index (χ1v) is 4.97. The van der Waals surface area contributed by atoms with Crippen molar-refractivity contribution in [3.05, 3.63) is 46.2 Å². The quantitative estimate of drug-likeness (QED) is 0.836. The smallest absolute Gasteiger partial charge is 0.161 e. The largest absolute Gasteiger partial charge is 0.308 e. The van der Waals surface area contributed by atoms with Gasteiger partial charge in [-0.25, -0.2) is 13.2 Å². The highest BCUT2D eigenvalue weighted by Gasteiger charge is 2.08. The second-order valence-electron chi connectivity index (χ2n) is 2.98. The molecule has 1 rings (SSSR count). The third kappa shape index (κ3) is 3.68. The summed E-state index contributed by atoms with van der Waals surface area (Å²) < 4.78 is 39.1. The van der Waals surface area contributed by atoms with E-state index in [1.165, 1.54) is 0 Å². The van der Waals surface area contributed by atoms with Crippen LogP contribution in [0.4, 0.5) is 13.2 Å². The third-order valence-corrected chi connectivity index (χ3v) is 2.00. The molecule has 0 aliphatic heterocycles. The minimum Gasteiger partial charge on any atom is -0.308 e. The van der Waals surface area contributed by atoms with Crippen LogP contribution in [0.2, 0.25) is 0 Å². The van der Waals surface area contributed by atoms with E-state index < -0.39 is 17.5 Å². The Morgan fingerprint density at radius 2 is 1.80 bits per heavy atom. The fraction of sp³-hybridized carbons (Fsp3) is 0.200. The van der Waals surface area contributed by atoms with Gasteiger partial charge in [0.2, 0.25) is 0 Å². The number of nitrogens with one attached hydrogen (secondary N) is 1. The molecule has 0 saturated carbocycles. The Bertz CT molecular complexity index is 379. The van der Waals surface area contributed by atoms with Gasteiger partial charge in [-0.1, -0.05) is 22.5 Å². The van der Waals surface area contributed by atoms with Crippen molar-refractivity contribution in [1.29, 1.82) is 0 Å². The normalized spacial score (nSPS) is 10.4. The summed E-state index contributed by atoms with van der Waals surface area (Å²) >= 11 is 3.11. The summed E-state index contributed by atoms with van der Waals surface area (Å²) in [5, 5.41) is 2.81. The zero-order chi connectivity index (χ0) is 11.4. The maximum absolute atomic E-state index is 13.1. The number of rotatable bonds is 4. The SMILES string of the molecule is C=C(Br)CNCc1cc(F)c(F)cc1F. The van der Waals surface area contributed by atoms with E-state index >= 15 is 0 Å². The van der Waals surface area contributed by atoms with E-state index in [1.807, 2.05) is 0 Å². The Hall–Kier alpha value is -0.810. The molecule has 15 heavy (non-hydrogen) atoms. The topological polar surface area (TPSA) is 12.0 Å². The fourth-order valence-corrected chi connectivity index (χ4v) is 1.23. The van der Waals surface area contributed by atoms with Crippen molar-refractivity contribution in [2.45, 2.75) is 6.54 Å². The summed E-state index contributed by atoms with van der Waals surface area (Å²) in [5.74, 6) is -2.99. The summed E-state index contributed by atoms with van der Waals surface area (Å²) in [5.41, 5.74) is 0.0858. The van der Waals surface area contributed by atoms with E-state index in [0.29, 0.717) is 17.1 Å². The average molecular weight is 280 g/mol. The molecule has 0 atom stereocenters. The number of halogens is 4. The number of hydrogen-bond donors (Lipinski definition) is 1. The Kier molecular flexibility index (Phi) is 4.35. The lowest BCUT2D eigenvalue weighted by Gasteiger charge is -2.05. The Morgan fingerprint density at radius 3 is 2.40 bits per heavy atom. The Labute approximate surface area is 94.1 Å². The molecule has 0 spiro atoms. The molecule has 5 heteroatoms. The summed E-state index contributed by atoms with van der Waals surface area (Å²) in [6, 6.07) is 1.38. The molecule has 0 bridgehead atoms. The first-order chi connectivity index (χ1) is 7.00. The van der Waals surface area contributed by atoms with Gasteiger partial charge in [0.25, 0.3) is 0 Å². The first kappa shape index (κ1) is 12.3. The van der Waals surface area contributed by atoms with Crippen LogP contribution in [-0.4, -0.2) is 6.54 Å². The van der Waals surface area contributed by atoms with Gasteiger partial charge < -0.3 is 5.32 Å². The van der Waals surface area contributed by atoms with Crippen LogP contribution in [0.15, 0.2) is 23.2 Å². The van der Waals surface area contributed by atoms with Crippen molar-refractivity contribution in [1.82, 2.24) is 5.32 Å². The summed E-state index contributed by atoms with van der Waals surface area (Å²) in [7, 11) is 0. The number of benzene rings is 1. The van der Waals surface area contributed by atoms with Gasteiger partial charge in [0.05, 0.1) is 0 Å². The van der Waals surface area contributed by atoms with E-state index in [4.69, 9.17) is 0 Å². The second kappa shape index (κ2) is 5.32. The van der Waals surface area contributed by atoms with Crippen molar-refractivity contribution < 1.29 is 13.2 Å². The Balaban J connectivity index is 2.69. The zero-order valence-electron chi connectivity index (χ0n) is 7.79. The van der Waals surface area contributed by atoms with E-state index in [1.54, 1.807) is 0 Å². The second-order valence-corrected chi connectivity index (χ2v) is 4.10. The molecule has 0 heterocycles. The Morgan fingerprint density at radius 1 is 1.20 bits per heavy atom. The van der Waals surface area contributed by atoms with E-state index in [-0.39, 0.29) is 12.1 Å². The molecular formula is C10H9BrF3N. The van der Waals surface area contributed by atoms with Crippen LogP contribution < -0.4 is 5.32 Å². The van der Waals surface area contributed by atoms with Crippen LogP contribution in [0.25, 0.3) is 0 Å². The van der Waals surface area contributed by atoms with Gasteiger partial charge in [0.1, 0.15) is 5.82 Å². The molecule has 0 radical (unpaired) electrons. The highest BCUT2D eigenvalue weighted by Crippen LogP contribution is 2.13. The fourth-order valence-electron chi connectivity index (χ4n) is 1.03. The van der Waals surface area contributed by atoms with E-state index in [9.17, 15) is 13.2 Å². The molecule has 1 nitrogen and oxygen atoms in total. The molecule has 0 fully saturated rings. The molecule has 1 aromatic rings. The minimum absolute atomic E-state index is 0.0858. The van der Waals surface area contributed by atoms with Crippen LogP contribution in [0.5, 0.6) is 0 Å². The maximum Gasteiger partial charge on any atom is 0.161 e. The lowest BCUT2D eigenvalue weighted by molar-refractivity contribution is 0.488. The monoisotopic (exact) mass is 279 g/mol. The predicted molar refractivity (Wildman–Crippen MR) is 56.1 cm³/mol. The van der Waals surface area contributed by atoms with Gasteiger partial charge in [-0.15, -0.1) is 0 Å². The van der Waals surface area contributed by atoms with Crippen molar-refractivity contribution in [3.63, 3.8) is 0 Å². The predicted octanol–water partition coefficient (Wildman–Crippen LogP) is 3.10. The van der Waals surface area contributed by atoms with Crippen LogP contribution in [0.3, 0.4) is 0 Å². The van der Waals surface area contributed by atoms with E-state index in [2.05, 4.69) is 27.8 Å². The molecule has 82 valence electrons. The van der Waals surface area contributed by atoms with Gasteiger partial charge in [0, 0.05) is 29.2 Å². The summed E-state index contributed by atoms with van der Waals surface area (Å²) in [6.07, 6.45) is 0. The minimum atomic E-state index is -1.18. The standard InChI is InChI=1S/C10H9BrF3N/c1-6(11)4-15-5-7-2-9(13)10(14)3-8(7)12/h2-3,15H,1,4-5H2. The molecule has 0 aliphatic carbocycles. The van der Waals surface area contributed by atoms with Crippen molar-refractivity contribution >= 4 is 15.9 Å². The molecule has 0 aliphatic rings. The van der Waals surface area contributed by atoms with Gasteiger partial charge in [-0.3, -0.25) is 0 Å². The van der Waals surface area contributed by atoms with Crippen LogP contribution >= 0.6 is 15.9 Å². The van der Waals surface area contributed by atoms with Crippen molar-refractivity contribution in [2.24, 2.45) is 0 Å². The maximum atomic E-state index is 13.1. The first-order valence-electron chi connectivity index (χ1n) is 4.18. The van der Waals surface area contributed by atoms with Crippen LogP contribution in [-0.2, 0) is 6.54 Å². The summed E-state index contributed by atoms with van der Waals surface area (Å²) in [6.45, 7) is 4.11. The number of hydrogen-bond acceptors (Lipinski definition) is 1. The molecule has 1 aromatic carbocycles. The highest BCUT2D eigenvalue weighted by atomic mass is 79.9. The highest BCUT2D eigenvalue weighted by molar-refractivity contribution is 9.11. The zero-order valence-corrected chi connectivity index (χ0v) is 9.37. The van der Waals surface area contributed by atoms with Crippen LogP contribution in [0.1, 0.15) is 5.56 Å². The van der Waals surface area contributed by atoms with Crippen molar-refractivity contribution in [3.8, 4) is 0 Å². The van der Waals surface area contributed by atoms with Gasteiger partial charge in [0.15, 0.2) is 11.6 Å².